The van der Waals surface area contributed by atoms with Crippen molar-refractivity contribution < 1.29 is 9.59 Å². The number of benzene rings is 1. The summed E-state index contributed by atoms with van der Waals surface area (Å²) in [5, 5.41) is 5.19. The number of hydrogen-bond acceptors (Lipinski definition) is 5. The molecule has 0 radical (unpaired) electrons. The number of likely N-dealkylation sites (N-methyl/N-ethyl adjacent to an activating group) is 1. The fourth-order valence-electron chi connectivity index (χ4n) is 4.48. The molecule has 0 spiro atoms. The van der Waals surface area contributed by atoms with Crippen molar-refractivity contribution in [3.63, 3.8) is 0 Å². The van der Waals surface area contributed by atoms with Crippen molar-refractivity contribution >= 4 is 28.8 Å². The van der Waals surface area contributed by atoms with E-state index < -0.39 is 0 Å². The van der Waals surface area contributed by atoms with E-state index in [1.54, 1.807) is 11.3 Å². The van der Waals surface area contributed by atoms with Gasteiger partial charge in [-0.25, -0.2) is 0 Å². The van der Waals surface area contributed by atoms with E-state index in [1.807, 2.05) is 40.6 Å². The number of rotatable bonds is 6. The average Bonchev–Trinajstić information content (AvgIpc) is 3.32. The minimum absolute atomic E-state index is 0.0997. The maximum absolute atomic E-state index is 13.2. The zero-order valence-corrected chi connectivity index (χ0v) is 19.1. The van der Waals surface area contributed by atoms with Crippen LogP contribution in [0.5, 0.6) is 0 Å². The first-order chi connectivity index (χ1) is 15.1. The van der Waals surface area contributed by atoms with Crippen LogP contribution in [0.4, 0.5) is 5.69 Å². The largest absolute Gasteiger partial charge is 0.371 e. The predicted molar refractivity (Wildman–Crippen MR) is 126 cm³/mol. The summed E-state index contributed by atoms with van der Waals surface area (Å²) in [5.74, 6) is 0.237. The lowest BCUT2D eigenvalue weighted by Gasteiger charge is -2.37. The summed E-state index contributed by atoms with van der Waals surface area (Å²) in [6, 6.07) is 12.2. The van der Waals surface area contributed by atoms with Gasteiger partial charge in [-0.3, -0.25) is 9.59 Å². The third kappa shape index (κ3) is 5.46. The first kappa shape index (κ1) is 21.8. The maximum atomic E-state index is 13.2. The van der Waals surface area contributed by atoms with E-state index in [9.17, 15) is 9.59 Å². The van der Waals surface area contributed by atoms with E-state index in [-0.39, 0.29) is 17.9 Å². The molecule has 31 heavy (non-hydrogen) atoms. The summed E-state index contributed by atoms with van der Waals surface area (Å²) in [7, 11) is 0. The number of carbonyl (C=O) groups is 2. The standard InChI is InChI=1S/C24H32N4O2S/c1-2-26-13-15-28(16-14-26)24(30)21-7-3-4-8-22(21)27-11-9-19(10-12-27)25-23(29)18-20-6-5-17-31-20/h3-8,17,19H,2,9-16,18H2,1H3,(H,25,29). The maximum Gasteiger partial charge on any atom is 0.256 e. The highest BCUT2D eigenvalue weighted by atomic mass is 32.1. The zero-order chi connectivity index (χ0) is 21.6. The summed E-state index contributed by atoms with van der Waals surface area (Å²) < 4.78 is 0. The lowest BCUT2D eigenvalue weighted by Crippen LogP contribution is -2.49. The summed E-state index contributed by atoms with van der Waals surface area (Å²) in [4.78, 5) is 33.3. The van der Waals surface area contributed by atoms with Crippen LogP contribution in [0.25, 0.3) is 0 Å². The average molecular weight is 441 g/mol. The number of nitrogens with one attached hydrogen (secondary N) is 1. The minimum Gasteiger partial charge on any atom is -0.371 e. The molecule has 0 saturated carbocycles. The Morgan fingerprint density at radius 3 is 2.42 bits per heavy atom. The number of piperazine rings is 1. The van der Waals surface area contributed by atoms with Crippen LogP contribution in [0.2, 0.25) is 0 Å². The van der Waals surface area contributed by atoms with Crippen molar-refractivity contribution in [2.45, 2.75) is 32.2 Å². The third-order valence-electron chi connectivity index (χ3n) is 6.36. The normalized spacial score (nSPS) is 18.2. The molecular weight excluding hydrogens is 408 g/mol. The first-order valence-electron chi connectivity index (χ1n) is 11.3. The van der Waals surface area contributed by atoms with Gasteiger partial charge in [-0.05, 0) is 43.0 Å². The van der Waals surface area contributed by atoms with Crippen molar-refractivity contribution in [1.82, 2.24) is 15.1 Å². The number of para-hydroxylation sites is 1. The molecule has 4 rings (SSSR count). The van der Waals surface area contributed by atoms with Crippen molar-refractivity contribution in [3.05, 3.63) is 52.2 Å². The molecule has 7 heteroatoms. The highest BCUT2D eigenvalue weighted by Gasteiger charge is 2.27. The van der Waals surface area contributed by atoms with Crippen LogP contribution in [0.3, 0.4) is 0 Å². The molecule has 1 N–H and O–H groups in total. The van der Waals surface area contributed by atoms with Crippen LogP contribution in [-0.4, -0.2) is 73.5 Å². The molecule has 0 unspecified atom stereocenters. The zero-order valence-electron chi connectivity index (χ0n) is 18.3. The molecule has 3 heterocycles. The predicted octanol–water partition coefficient (Wildman–Crippen LogP) is 2.85. The number of hydrogen-bond donors (Lipinski definition) is 1. The van der Waals surface area contributed by atoms with Crippen LogP contribution in [0, 0.1) is 0 Å². The van der Waals surface area contributed by atoms with Gasteiger partial charge < -0.3 is 20.0 Å². The Labute approximate surface area is 188 Å². The first-order valence-corrected chi connectivity index (χ1v) is 12.2. The summed E-state index contributed by atoms with van der Waals surface area (Å²) in [6.07, 6.45) is 2.25. The van der Waals surface area contributed by atoms with Gasteiger partial charge >= 0.3 is 0 Å². The number of piperidine rings is 1. The van der Waals surface area contributed by atoms with Crippen molar-refractivity contribution in [2.75, 3.05) is 50.7 Å². The van der Waals surface area contributed by atoms with E-state index >= 15 is 0 Å². The molecule has 2 amide bonds. The molecular formula is C24H32N4O2S. The van der Waals surface area contributed by atoms with Gasteiger partial charge in [0.1, 0.15) is 0 Å². The molecule has 1 aromatic heterocycles. The molecule has 6 nitrogen and oxygen atoms in total. The molecule has 2 fully saturated rings. The minimum atomic E-state index is 0.0997. The van der Waals surface area contributed by atoms with Gasteiger partial charge in [0.05, 0.1) is 12.0 Å². The summed E-state index contributed by atoms with van der Waals surface area (Å²) in [6.45, 7) is 8.37. The van der Waals surface area contributed by atoms with E-state index in [2.05, 4.69) is 28.1 Å². The molecule has 2 aromatic rings. The van der Waals surface area contributed by atoms with Gasteiger partial charge in [0.15, 0.2) is 0 Å². The van der Waals surface area contributed by atoms with E-state index in [4.69, 9.17) is 0 Å². The fourth-order valence-corrected chi connectivity index (χ4v) is 5.19. The topological polar surface area (TPSA) is 55.9 Å². The molecule has 2 saturated heterocycles. The molecule has 2 aliphatic rings. The van der Waals surface area contributed by atoms with Gasteiger partial charge in [-0.15, -0.1) is 11.3 Å². The summed E-state index contributed by atoms with van der Waals surface area (Å²) in [5.41, 5.74) is 1.82. The Balaban J connectivity index is 1.33. The smallest absolute Gasteiger partial charge is 0.256 e. The Morgan fingerprint density at radius 1 is 1.00 bits per heavy atom. The Morgan fingerprint density at radius 2 is 1.74 bits per heavy atom. The Bertz CT molecular complexity index is 869. The number of thiophene rings is 1. The SMILES string of the molecule is CCN1CCN(C(=O)c2ccccc2N2CCC(NC(=O)Cc3cccs3)CC2)CC1. The van der Waals surface area contributed by atoms with Crippen LogP contribution in [0.15, 0.2) is 41.8 Å². The highest BCUT2D eigenvalue weighted by Crippen LogP contribution is 2.26. The van der Waals surface area contributed by atoms with Crippen molar-refractivity contribution in [2.24, 2.45) is 0 Å². The molecule has 166 valence electrons. The van der Waals surface area contributed by atoms with Crippen LogP contribution < -0.4 is 10.2 Å². The van der Waals surface area contributed by atoms with E-state index in [0.29, 0.717) is 6.42 Å². The van der Waals surface area contributed by atoms with Crippen LogP contribution in [0.1, 0.15) is 35.0 Å². The molecule has 0 atom stereocenters. The third-order valence-corrected chi connectivity index (χ3v) is 7.23. The van der Waals surface area contributed by atoms with E-state index in [1.165, 1.54) is 0 Å². The molecule has 1 aromatic carbocycles. The Hall–Kier alpha value is -2.38. The molecule has 0 bridgehead atoms. The number of anilines is 1. The quantitative estimate of drug-likeness (QED) is 0.751. The van der Waals surface area contributed by atoms with Crippen LogP contribution >= 0.6 is 11.3 Å². The second-order valence-corrected chi connectivity index (χ2v) is 9.36. The molecule has 0 aliphatic carbocycles. The molecule has 2 aliphatic heterocycles. The summed E-state index contributed by atoms with van der Waals surface area (Å²) >= 11 is 1.62. The lowest BCUT2D eigenvalue weighted by atomic mass is 10.0. The second kappa shape index (κ2) is 10.3. The number of carbonyl (C=O) groups excluding carboxylic acids is 2. The van der Waals surface area contributed by atoms with Crippen LogP contribution in [-0.2, 0) is 11.2 Å². The second-order valence-electron chi connectivity index (χ2n) is 8.33. The monoisotopic (exact) mass is 440 g/mol. The fraction of sp³-hybridized carbons (Fsp3) is 0.500. The van der Waals surface area contributed by atoms with E-state index in [0.717, 1.165) is 74.8 Å². The number of nitrogens with zero attached hydrogens (tertiary/aromatic N) is 3. The van der Waals surface area contributed by atoms with Gasteiger partial charge in [0.25, 0.3) is 5.91 Å². The van der Waals surface area contributed by atoms with Gasteiger partial charge in [-0.1, -0.05) is 25.1 Å². The Kier molecular flexibility index (Phi) is 7.25. The van der Waals surface area contributed by atoms with Gasteiger partial charge in [0.2, 0.25) is 5.91 Å². The highest BCUT2D eigenvalue weighted by molar-refractivity contribution is 7.10. The van der Waals surface area contributed by atoms with Gasteiger partial charge in [0, 0.05) is 55.9 Å². The van der Waals surface area contributed by atoms with Crippen molar-refractivity contribution in [1.29, 1.82) is 0 Å². The van der Waals surface area contributed by atoms with Crippen molar-refractivity contribution in [3.8, 4) is 0 Å². The lowest BCUT2D eigenvalue weighted by molar-refractivity contribution is -0.121. The number of amides is 2. The van der Waals surface area contributed by atoms with Gasteiger partial charge in [-0.2, -0.15) is 0 Å².